The second-order valence-electron chi connectivity index (χ2n) is 4.47. The van der Waals surface area contributed by atoms with Crippen LogP contribution in [0.1, 0.15) is 0 Å². The Labute approximate surface area is 127 Å². The average molecular weight is 345 g/mol. The molecule has 4 aromatic rings. The number of thiophene rings is 2. The summed E-state index contributed by atoms with van der Waals surface area (Å²) >= 11 is 7.20. The van der Waals surface area contributed by atoms with Crippen molar-refractivity contribution in [3.63, 3.8) is 0 Å². The van der Waals surface area contributed by atoms with Crippen LogP contribution >= 0.6 is 38.6 Å². The zero-order valence-corrected chi connectivity index (χ0v) is 13.1. The van der Waals surface area contributed by atoms with Gasteiger partial charge in [-0.05, 0) is 52.0 Å². The van der Waals surface area contributed by atoms with Gasteiger partial charge in [0.25, 0.3) is 0 Å². The van der Waals surface area contributed by atoms with Crippen LogP contribution in [0.15, 0.2) is 58.4 Å². The van der Waals surface area contributed by atoms with Gasteiger partial charge in [0.05, 0.1) is 0 Å². The number of hydrogen-bond acceptors (Lipinski definition) is 2. The number of fused-ring (bicyclic) bond motifs is 2. The molecule has 92 valence electrons. The Morgan fingerprint density at radius 3 is 2.53 bits per heavy atom. The molecule has 0 fully saturated rings. The maximum Gasteiger partial charge on any atom is 0.0457 e. The van der Waals surface area contributed by atoms with Crippen LogP contribution in [0.25, 0.3) is 30.6 Å². The summed E-state index contributed by atoms with van der Waals surface area (Å²) in [5.74, 6) is 0. The van der Waals surface area contributed by atoms with E-state index in [-0.39, 0.29) is 0 Å². The zero-order chi connectivity index (χ0) is 12.8. The van der Waals surface area contributed by atoms with Crippen LogP contribution in [0.5, 0.6) is 0 Å². The zero-order valence-electron chi connectivity index (χ0n) is 9.89. The van der Waals surface area contributed by atoms with Crippen LogP contribution in [-0.4, -0.2) is 0 Å². The van der Waals surface area contributed by atoms with E-state index < -0.39 is 0 Å². The molecule has 2 aromatic heterocycles. The molecule has 4 rings (SSSR count). The van der Waals surface area contributed by atoms with Crippen molar-refractivity contribution >= 4 is 58.8 Å². The Kier molecular flexibility index (Phi) is 2.72. The van der Waals surface area contributed by atoms with Crippen molar-refractivity contribution in [3.8, 4) is 10.4 Å². The van der Waals surface area contributed by atoms with Crippen LogP contribution in [0.2, 0.25) is 0 Å². The smallest absolute Gasteiger partial charge is 0.0457 e. The van der Waals surface area contributed by atoms with E-state index in [1.165, 1.54) is 30.6 Å². The Morgan fingerprint density at radius 2 is 1.63 bits per heavy atom. The molecular weight excluding hydrogens is 336 g/mol. The summed E-state index contributed by atoms with van der Waals surface area (Å²) in [4.78, 5) is 1.35. The molecule has 0 unspecified atom stereocenters. The number of halogens is 1. The molecule has 2 heterocycles. The summed E-state index contributed by atoms with van der Waals surface area (Å²) < 4.78 is 3.90. The largest absolute Gasteiger partial charge is 0.143 e. The first-order chi connectivity index (χ1) is 9.29. The minimum Gasteiger partial charge on any atom is -0.143 e. The van der Waals surface area contributed by atoms with Gasteiger partial charge in [0, 0.05) is 18.7 Å². The molecule has 0 aliphatic rings. The van der Waals surface area contributed by atoms with Gasteiger partial charge >= 0.3 is 0 Å². The van der Waals surface area contributed by atoms with E-state index in [0.29, 0.717) is 0 Å². The van der Waals surface area contributed by atoms with Crippen LogP contribution in [-0.2, 0) is 0 Å². The van der Waals surface area contributed by atoms with Crippen molar-refractivity contribution in [2.75, 3.05) is 0 Å². The number of hydrogen-bond donors (Lipinski definition) is 0. The quantitative estimate of drug-likeness (QED) is 0.367. The first-order valence-corrected chi connectivity index (χ1v) is 8.45. The second kappa shape index (κ2) is 4.44. The Bertz CT molecular complexity index is 857. The highest BCUT2D eigenvalue weighted by Gasteiger charge is 2.06. The van der Waals surface area contributed by atoms with E-state index in [1.54, 1.807) is 0 Å². The lowest BCUT2D eigenvalue weighted by atomic mass is 10.1. The van der Waals surface area contributed by atoms with Gasteiger partial charge in [-0.15, -0.1) is 22.7 Å². The molecule has 0 saturated heterocycles. The van der Waals surface area contributed by atoms with Gasteiger partial charge in [-0.2, -0.15) is 0 Å². The Morgan fingerprint density at radius 1 is 0.789 bits per heavy atom. The van der Waals surface area contributed by atoms with Crippen molar-refractivity contribution in [1.29, 1.82) is 0 Å². The summed E-state index contributed by atoms with van der Waals surface area (Å²) in [5.41, 5.74) is 1.31. The standard InChI is InChI=1S/C16H9BrS2/c17-13-4-3-10-7-12(2-1-11(10)8-13)15-9-16-14(19-15)5-6-18-16/h1-9H. The third-order valence-corrected chi connectivity index (χ3v) is 5.86. The van der Waals surface area contributed by atoms with Gasteiger partial charge in [0.2, 0.25) is 0 Å². The molecule has 0 nitrogen and oxygen atoms in total. The average Bonchev–Trinajstić information content (AvgIpc) is 2.98. The SMILES string of the molecule is Brc1ccc2cc(-c3cc4sccc4s3)ccc2c1. The minimum absolute atomic E-state index is 1.13. The monoisotopic (exact) mass is 344 g/mol. The molecule has 0 spiro atoms. The lowest BCUT2D eigenvalue weighted by Gasteiger charge is -2.02. The molecule has 0 saturated carbocycles. The van der Waals surface area contributed by atoms with Gasteiger partial charge in [0.15, 0.2) is 0 Å². The van der Waals surface area contributed by atoms with E-state index in [0.717, 1.165) is 4.47 Å². The first kappa shape index (κ1) is 11.6. The predicted molar refractivity (Wildman–Crippen MR) is 90.3 cm³/mol. The van der Waals surface area contributed by atoms with Gasteiger partial charge in [-0.3, -0.25) is 0 Å². The number of rotatable bonds is 1. The van der Waals surface area contributed by atoms with Gasteiger partial charge < -0.3 is 0 Å². The fourth-order valence-electron chi connectivity index (χ4n) is 2.28. The molecule has 0 N–H and O–H groups in total. The molecule has 0 aliphatic heterocycles. The topological polar surface area (TPSA) is 0 Å². The predicted octanol–water partition coefficient (Wildman–Crippen LogP) is 6.55. The summed E-state index contributed by atoms with van der Waals surface area (Å²) in [6.45, 7) is 0. The van der Waals surface area contributed by atoms with Crippen LogP contribution < -0.4 is 0 Å². The molecule has 3 heteroatoms. The second-order valence-corrected chi connectivity index (χ2v) is 7.41. The van der Waals surface area contributed by atoms with E-state index in [1.807, 2.05) is 22.7 Å². The number of benzene rings is 2. The van der Waals surface area contributed by atoms with Crippen LogP contribution in [0, 0.1) is 0 Å². The van der Waals surface area contributed by atoms with Gasteiger partial charge in [-0.1, -0.05) is 34.1 Å². The highest BCUT2D eigenvalue weighted by molar-refractivity contribution is 9.10. The van der Waals surface area contributed by atoms with E-state index in [4.69, 9.17) is 0 Å². The Balaban J connectivity index is 1.90. The molecule has 2 aromatic carbocycles. The molecule has 0 aliphatic carbocycles. The minimum atomic E-state index is 1.13. The lowest BCUT2D eigenvalue weighted by molar-refractivity contribution is 1.70. The maximum absolute atomic E-state index is 3.52. The van der Waals surface area contributed by atoms with Gasteiger partial charge in [-0.25, -0.2) is 0 Å². The highest BCUT2D eigenvalue weighted by Crippen LogP contribution is 2.37. The van der Waals surface area contributed by atoms with Crippen molar-refractivity contribution in [2.45, 2.75) is 0 Å². The molecule has 0 amide bonds. The third-order valence-electron chi connectivity index (χ3n) is 3.23. The van der Waals surface area contributed by atoms with Gasteiger partial charge in [0.1, 0.15) is 0 Å². The highest BCUT2D eigenvalue weighted by atomic mass is 79.9. The Hall–Kier alpha value is -1.16. The normalized spacial score (nSPS) is 11.4. The van der Waals surface area contributed by atoms with Crippen molar-refractivity contribution in [2.24, 2.45) is 0 Å². The molecular formula is C16H9BrS2. The van der Waals surface area contributed by atoms with Crippen molar-refractivity contribution in [1.82, 2.24) is 0 Å². The summed E-state index contributed by atoms with van der Waals surface area (Å²) in [7, 11) is 0. The van der Waals surface area contributed by atoms with Crippen LogP contribution in [0.4, 0.5) is 0 Å². The summed E-state index contributed by atoms with van der Waals surface area (Å²) in [5, 5.41) is 4.72. The summed E-state index contributed by atoms with van der Waals surface area (Å²) in [6.07, 6.45) is 0. The van der Waals surface area contributed by atoms with Crippen LogP contribution in [0.3, 0.4) is 0 Å². The molecule has 0 radical (unpaired) electrons. The fourth-order valence-corrected chi connectivity index (χ4v) is 4.76. The first-order valence-electron chi connectivity index (χ1n) is 5.96. The summed E-state index contributed by atoms with van der Waals surface area (Å²) in [6, 6.07) is 17.6. The van der Waals surface area contributed by atoms with E-state index in [2.05, 4.69) is 69.8 Å². The third kappa shape index (κ3) is 2.02. The molecule has 0 atom stereocenters. The van der Waals surface area contributed by atoms with E-state index in [9.17, 15) is 0 Å². The maximum atomic E-state index is 3.52. The lowest BCUT2D eigenvalue weighted by Crippen LogP contribution is -1.76. The van der Waals surface area contributed by atoms with E-state index >= 15 is 0 Å². The fraction of sp³-hybridized carbons (Fsp3) is 0. The molecule has 19 heavy (non-hydrogen) atoms. The van der Waals surface area contributed by atoms with Crippen molar-refractivity contribution < 1.29 is 0 Å². The molecule has 0 bridgehead atoms. The van der Waals surface area contributed by atoms with Crippen molar-refractivity contribution in [3.05, 3.63) is 58.4 Å².